The van der Waals surface area contributed by atoms with Gasteiger partial charge in [-0.3, -0.25) is 9.59 Å². The number of piperidine rings is 1. The van der Waals surface area contributed by atoms with Crippen LogP contribution in [0.1, 0.15) is 34.3 Å². The van der Waals surface area contributed by atoms with Gasteiger partial charge in [0.2, 0.25) is 5.91 Å². The number of hydrogen-bond donors (Lipinski definition) is 2. The maximum absolute atomic E-state index is 12.5. The number of benzene rings is 2. The van der Waals surface area contributed by atoms with E-state index >= 15 is 0 Å². The summed E-state index contributed by atoms with van der Waals surface area (Å²) in [4.78, 5) is 26.6. The first-order valence-corrected chi connectivity index (χ1v) is 9.01. The molecule has 5 heteroatoms. The van der Waals surface area contributed by atoms with Crippen molar-refractivity contribution in [1.82, 2.24) is 10.2 Å². The van der Waals surface area contributed by atoms with Gasteiger partial charge in [0.15, 0.2) is 0 Å². The lowest BCUT2D eigenvalue weighted by molar-refractivity contribution is -0.121. The minimum absolute atomic E-state index is 0.0121. The molecule has 1 heterocycles. The van der Waals surface area contributed by atoms with Crippen LogP contribution in [-0.2, 0) is 11.2 Å². The number of anilines is 1. The lowest BCUT2D eigenvalue weighted by Gasteiger charge is -2.32. The van der Waals surface area contributed by atoms with E-state index in [1.165, 1.54) is 0 Å². The number of carbonyl (C=O) groups is 2. The van der Waals surface area contributed by atoms with E-state index in [0.717, 1.165) is 29.5 Å². The van der Waals surface area contributed by atoms with Crippen LogP contribution in [-0.4, -0.2) is 35.8 Å². The summed E-state index contributed by atoms with van der Waals surface area (Å²) in [5.41, 5.74) is 9.17. The largest absolute Gasteiger partial charge is 0.399 e. The number of hydrogen-bond acceptors (Lipinski definition) is 3. The van der Waals surface area contributed by atoms with Gasteiger partial charge in [0.25, 0.3) is 5.91 Å². The predicted molar refractivity (Wildman–Crippen MR) is 103 cm³/mol. The minimum atomic E-state index is 0.0121. The topological polar surface area (TPSA) is 75.4 Å². The molecule has 136 valence electrons. The number of carbonyl (C=O) groups excluding carboxylic acids is 2. The predicted octanol–water partition coefficient (Wildman–Crippen LogP) is 2.54. The molecule has 1 fully saturated rings. The summed E-state index contributed by atoms with van der Waals surface area (Å²) in [6.07, 6.45) is 1.92. The van der Waals surface area contributed by atoms with Gasteiger partial charge in [0.05, 0.1) is 6.42 Å². The van der Waals surface area contributed by atoms with Crippen molar-refractivity contribution in [3.63, 3.8) is 0 Å². The molecule has 1 aliphatic rings. The normalized spacial score (nSPS) is 14.9. The molecule has 2 aromatic rings. The van der Waals surface area contributed by atoms with E-state index in [2.05, 4.69) is 5.32 Å². The molecule has 3 rings (SSSR count). The summed E-state index contributed by atoms with van der Waals surface area (Å²) in [7, 11) is 0. The molecule has 2 aromatic carbocycles. The van der Waals surface area contributed by atoms with Gasteiger partial charge in [0, 0.05) is 30.4 Å². The number of aryl methyl sites for hydroxylation is 1. The Labute approximate surface area is 154 Å². The van der Waals surface area contributed by atoms with Crippen LogP contribution in [0.25, 0.3) is 0 Å². The molecule has 0 radical (unpaired) electrons. The Morgan fingerprint density at radius 1 is 1.04 bits per heavy atom. The van der Waals surface area contributed by atoms with Crippen LogP contribution in [0.3, 0.4) is 0 Å². The van der Waals surface area contributed by atoms with Crippen molar-refractivity contribution in [3.8, 4) is 0 Å². The van der Waals surface area contributed by atoms with E-state index in [4.69, 9.17) is 5.73 Å². The first-order chi connectivity index (χ1) is 12.5. The van der Waals surface area contributed by atoms with Gasteiger partial charge in [0.1, 0.15) is 0 Å². The van der Waals surface area contributed by atoms with Crippen molar-refractivity contribution in [1.29, 1.82) is 0 Å². The molecule has 0 atom stereocenters. The average molecular weight is 351 g/mol. The standard InChI is InChI=1S/C21H25N3O2/c1-15-2-6-17(7-3-15)21(26)24-12-10-19(11-13-24)23-20(25)14-16-4-8-18(22)9-5-16/h2-9,19H,10-14,22H2,1H3,(H,23,25). The van der Waals surface area contributed by atoms with Crippen LogP contribution >= 0.6 is 0 Å². The molecular weight excluding hydrogens is 326 g/mol. The Morgan fingerprint density at radius 3 is 2.27 bits per heavy atom. The van der Waals surface area contributed by atoms with Gasteiger partial charge < -0.3 is 16.0 Å². The molecule has 3 N–H and O–H groups in total. The first-order valence-electron chi connectivity index (χ1n) is 9.01. The van der Waals surface area contributed by atoms with Gasteiger partial charge >= 0.3 is 0 Å². The van der Waals surface area contributed by atoms with Crippen molar-refractivity contribution in [2.75, 3.05) is 18.8 Å². The number of amides is 2. The molecule has 26 heavy (non-hydrogen) atoms. The number of nitrogens with zero attached hydrogens (tertiary/aromatic N) is 1. The number of nitrogens with two attached hydrogens (primary N) is 1. The number of nitrogen functional groups attached to an aromatic ring is 1. The molecule has 0 unspecified atom stereocenters. The van der Waals surface area contributed by atoms with Crippen molar-refractivity contribution < 1.29 is 9.59 Å². The van der Waals surface area contributed by atoms with Gasteiger partial charge in [-0.05, 0) is 49.6 Å². The van der Waals surface area contributed by atoms with E-state index in [1.807, 2.05) is 48.2 Å². The van der Waals surface area contributed by atoms with E-state index < -0.39 is 0 Å². The van der Waals surface area contributed by atoms with Crippen molar-refractivity contribution in [3.05, 3.63) is 65.2 Å². The molecular formula is C21H25N3O2. The quantitative estimate of drug-likeness (QED) is 0.831. The van der Waals surface area contributed by atoms with Crippen LogP contribution in [0.2, 0.25) is 0 Å². The van der Waals surface area contributed by atoms with Crippen LogP contribution < -0.4 is 11.1 Å². The zero-order valence-corrected chi connectivity index (χ0v) is 15.1. The summed E-state index contributed by atoms with van der Waals surface area (Å²) < 4.78 is 0. The average Bonchev–Trinajstić information content (AvgIpc) is 2.64. The maximum Gasteiger partial charge on any atom is 0.253 e. The Bertz CT molecular complexity index is 761. The summed E-state index contributed by atoms with van der Waals surface area (Å²) in [5.74, 6) is 0.0785. The fourth-order valence-electron chi connectivity index (χ4n) is 3.21. The lowest BCUT2D eigenvalue weighted by Crippen LogP contribution is -2.46. The second kappa shape index (κ2) is 8.04. The SMILES string of the molecule is Cc1ccc(C(=O)N2CCC(NC(=O)Cc3ccc(N)cc3)CC2)cc1. The third kappa shape index (κ3) is 4.63. The van der Waals surface area contributed by atoms with E-state index in [-0.39, 0.29) is 17.9 Å². The fraction of sp³-hybridized carbons (Fsp3) is 0.333. The summed E-state index contributed by atoms with van der Waals surface area (Å²) >= 11 is 0. The molecule has 5 nitrogen and oxygen atoms in total. The van der Waals surface area contributed by atoms with Crippen molar-refractivity contribution in [2.24, 2.45) is 0 Å². The molecule has 0 spiro atoms. The van der Waals surface area contributed by atoms with Crippen LogP contribution in [0, 0.1) is 6.92 Å². The van der Waals surface area contributed by atoms with Gasteiger partial charge in [-0.15, -0.1) is 0 Å². The van der Waals surface area contributed by atoms with Crippen LogP contribution in [0.5, 0.6) is 0 Å². The molecule has 1 aliphatic heterocycles. The monoisotopic (exact) mass is 351 g/mol. The highest BCUT2D eigenvalue weighted by molar-refractivity contribution is 5.94. The Morgan fingerprint density at radius 2 is 1.65 bits per heavy atom. The Kier molecular flexibility index (Phi) is 5.56. The minimum Gasteiger partial charge on any atom is -0.399 e. The molecule has 0 bridgehead atoms. The zero-order chi connectivity index (χ0) is 18.5. The third-order valence-corrected chi connectivity index (χ3v) is 4.79. The van der Waals surface area contributed by atoms with Crippen LogP contribution in [0.15, 0.2) is 48.5 Å². The van der Waals surface area contributed by atoms with Gasteiger partial charge in [-0.1, -0.05) is 29.8 Å². The summed E-state index contributed by atoms with van der Waals surface area (Å²) in [5, 5.41) is 3.08. The highest BCUT2D eigenvalue weighted by Crippen LogP contribution is 2.15. The zero-order valence-electron chi connectivity index (χ0n) is 15.1. The van der Waals surface area contributed by atoms with E-state index in [0.29, 0.717) is 25.2 Å². The lowest BCUT2D eigenvalue weighted by atomic mass is 10.0. The summed E-state index contributed by atoms with van der Waals surface area (Å²) in [6.45, 7) is 3.34. The maximum atomic E-state index is 12.5. The molecule has 1 saturated heterocycles. The summed E-state index contributed by atoms with van der Waals surface area (Å²) in [6, 6.07) is 15.1. The van der Waals surface area contributed by atoms with E-state index in [9.17, 15) is 9.59 Å². The Balaban J connectivity index is 1.47. The Hall–Kier alpha value is -2.82. The number of nitrogens with one attached hydrogen (secondary N) is 1. The second-order valence-corrected chi connectivity index (χ2v) is 6.92. The second-order valence-electron chi connectivity index (χ2n) is 6.92. The highest BCUT2D eigenvalue weighted by Gasteiger charge is 2.24. The van der Waals surface area contributed by atoms with Gasteiger partial charge in [-0.2, -0.15) is 0 Å². The third-order valence-electron chi connectivity index (χ3n) is 4.79. The number of likely N-dealkylation sites (tertiary alicyclic amines) is 1. The van der Waals surface area contributed by atoms with Crippen molar-refractivity contribution >= 4 is 17.5 Å². The molecule has 0 saturated carbocycles. The smallest absolute Gasteiger partial charge is 0.253 e. The number of rotatable bonds is 4. The molecule has 2 amide bonds. The van der Waals surface area contributed by atoms with E-state index in [1.54, 1.807) is 12.1 Å². The first kappa shape index (κ1) is 18.0. The van der Waals surface area contributed by atoms with Crippen LogP contribution in [0.4, 0.5) is 5.69 Å². The van der Waals surface area contributed by atoms with Gasteiger partial charge in [-0.25, -0.2) is 0 Å². The highest BCUT2D eigenvalue weighted by atomic mass is 16.2. The molecule has 0 aliphatic carbocycles. The fourth-order valence-corrected chi connectivity index (χ4v) is 3.21. The van der Waals surface area contributed by atoms with Crippen molar-refractivity contribution in [2.45, 2.75) is 32.2 Å². The molecule has 0 aromatic heterocycles.